The molecular weight excluding hydrogens is 576 g/mol. The predicted octanol–water partition coefficient (Wildman–Crippen LogP) is 5.88. The summed E-state index contributed by atoms with van der Waals surface area (Å²) in [5.74, 6) is 0.386. The minimum Gasteiger partial charge on any atom is -0.325 e. The number of nitrogens with zero attached hydrogens (tertiary/aromatic N) is 4. The highest BCUT2D eigenvalue weighted by molar-refractivity contribution is 7.99. The van der Waals surface area contributed by atoms with Gasteiger partial charge < -0.3 is 5.32 Å². The lowest BCUT2D eigenvalue weighted by molar-refractivity contribution is -0.113. The van der Waals surface area contributed by atoms with Crippen LogP contribution in [0.4, 0.5) is 10.8 Å². The number of halogens is 1. The third-order valence-corrected chi connectivity index (χ3v) is 8.78. The minimum absolute atomic E-state index is 0.0600. The second kappa shape index (κ2) is 11.6. The largest absolute Gasteiger partial charge is 0.325 e. The molecule has 0 fully saturated rings. The molecule has 0 spiro atoms. The van der Waals surface area contributed by atoms with Crippen molar-refractivity contribution in [3.8, 4) is 17.1 Å². The maximum atomic E-state index is 12.7. The number of carbonyl (C=O) groups excluding carboxylic acids is 1. The van der Waals surface area contributed by atoms with E-state index < -0.39 is 10.0 Å². The van der Waals surface area contributed by atoms with Crippen molar-refractivity contribution >= 4 is 61.4 Å². The van der Waals surface area contributed by atoms with E-state index in [1.54, 1.807) is 11.4 Å². The standard InChI is InChI=1S/C26H21ClN6O3S3/c1-17-5-9-21(10-6-17)33-24(18-3-2-4-19(27)15-18)30-31-26(33)38-16-23(34)29-20-7-11-22(12-8-20)39(35,36)32-25-28-13-14-37-25/h2-15H,16H2,1H3,(H,28,32)(H,29,34). The van der Waals surface area contributed by atoms with Gasteiger partial charge in [0.2, 0.25) is 5.91 Å². The zero-order valence-electron chi connectivity index (χ0n) is 20.4. The van der Waals surface area contributed by atoms with Gasteiger partial charge in [0, 0.05) is 33.5 Å². The molecule has 3 aromatic carbocycles. The Labute approximate surface area is 238 Å². The lowest BCUT2D eigenvalue weighted by atomic mass is 10.2. The van der Waals surface area contributed by atoms with Gasteiger partial charge in [-0.2, -0.15) is 0 Å². The molecule has 2 heterocycles. The highest BCUT2D eigenvalue weighted by Crippen LogP contribution is 2.29. The first-order chi connectivity index (χ1) is 18.8. The van der Waals surface area contributed by atoms with Gasteiger partial charge in [-0.25, -0.2) is 13.4 Å². The topological polar surface area (TPSA) is 119 Å². The highest BCUT2D eigenvalue weighted by atomic mass is 35.5. The zero-order valence-corrected chi connectivity index (χ0v) is 23.6. The SMILES string of the molecule is Cc1ccc(-n2c(SCC(=O)Nc3ccc(S(=O)(=O)Nc4nccs4)cc3)nnc2-c2cccc(Cl)c2)cc1. The summed E-state index contributed by atoms with van der Waals surface area (Å²) in [6.45, 7) is 2.01. The summed E-state index contributed by atoms with van der Waals surface area (Å²) >= 11 is 8.63. The van der Waals surface area contributed by atoms with E-state index in [-0.39, 0.29) is 21.7 Å². The molecule has 0 saturated heterocycles. The average Bonchev–Trinajstić information content (AvgIpc) is 3.58. The van der Waals surface area contributed by atoms with Crippen LogP contribution in [0.3, 0.4) is 0 Å². The fourth-order valence-corrected chi connectivity index (χ4v) is 6.33. The smallest absolute Gasteiger partial charge is 0.263 e. The van der Waals surface area contributed by atoms with Crippen molar-refractivity contribution in [2.24, 2.45) is 0 Å². The lowest BCUT2D eigenvalue weighted by Gasteiger charge is -2.11. The summed E-state index contributed by atoms with van der Waals surface area (Å²) in [5.41, 5.74) is 3.23. The highest BCUT2D eigenvalue weighted by Gasteiger charge is 2.19. The molecular formula is C26H21ClN6O3S3. The molecule has 1 amide bonds. The summed E-state index contributed by atoms with van der Waals surface area (Å²) < 4.78 is 29.4. The van der Waals surface area contributed by atoms with Crippen molar-refractivity contribution < 1.29 is 13.2 Å². The number of carbonyl (C=O) groups is 1. The zero-order chi connectivity index (χ0) is 27.4. The number of hydrogen-bond acceptors (Lipinski definition) is 8. The molecule has 5 aromatic rings. The summed E-state index contributed by atoms with van der Waals surface area (Å²) in [5, 5.41) is 14.6. The van der Waals surface area contributed by atoms with E-state index in [0.29, 0.717) is 21.7 Å². The van der Waals surface area contributed by atoms with E-state index in [9.17, 15) is 13.2 Å². The van der Waals surface area contributed by atoms with Crippen LogP contribution in [0.1, 0.15) is 5.56 Å². The second-order valence-corrected chi connectivity index (χ2v) is 12.2. The van der Waals surface area contributed by atoms with E-state index in [4.69, 9.17) is 11.6 Å². The number of aryl methyl sites for hydroxylation is 1. The van der Waals surface area contributed by atoms with Crippen LogP contribution < -0.4 is 10.0 Å². The van der Waals surface area contributed by atoms with E-state index in [2.05, 4.69) is 25.2 Å². The maximum absolute atomic E-state index is 12.7. The number of nitrogens with one attached hydrogen (secondary N) is 2. The lowest BCUT2D eigenvalue weighted by Crippen LogP contribution is -2.15. The van der Waals surface area contributed by atoms with Crippen molar-refractivity contribution in [1.82, 2.24) is 19.7 Å². The Kier molecular flexibility index (Phi) is 7.98. The number of aromatic nitrogens is 4. The molecule has 39 heavy (non-hydrogen) atoms. The first-order valence-electron chi connectivity index (χ1n) is 11.5. The maximum Gasteiger partial charge on any atom is 0.263 e. The summed E-state index contributed by atoms with van der Waals surface area (Å²) in [6.07, 6.45) is 1.51. The number of anilines is 2. The van der Waals surface area contributed by atoms with Crippen LogP contribution in [0.15, 0.2) is 94.4 Å². The van der Waals surface area contributed by atoms with E-state index in [1.807, 2.05) is 54.0 Å². The summed E-state index contributed by atoms with van der Waals surface area (Å²) in [7, 11) is -3.78. The number of sulfonamides is 1. The van der Waals surface area contributed by atoms with Gasteiger partial charge in [-0.3, -0.25) is 14.1 Å². The first kappa shape index (κ1) is 26.9. The van der Waals surface area contributed by atoms with Crippen molar-refractivity contribution in [2.45, 2.75) is 17.0 Å². The normalized spacial score (nSPS) is 11.3. The molecule has 0 aliphatic rings. The minimum atomic E-state index is -3.78. The second-order valence-electron chi connectivity index (χ2n) is 8.29. The first-order valence-corrected chi connectivity index (χ1v) is 15.2. The van der Waals surface area contributed by atoms with Crippen LogP contribution >= 0.6 is 34.7 Å². The van der Waals surface area contributed by atoms with Crippen molar-refractivity contribution in [2.75, 3.05) is 15.8 Å². The fourth-order valence-electron chi connectivity index (χ4n) is 3.60. The number of thioether (sulfide) groups is 1. The van der Waals surface area contributed by atoms with Crippen LogP contribution in [0, 0.1) is 6.92 Å². The van der Waals surface area contributed by atoms with Gasteiger partial charge in [-0.1, -0.05) is 53.2 Å². The van der Waals surface area contributed by atoms with Gasteiger partial charge in [0.05, 0.1) is 10.6 Å². The Bertz CT molecular complexity index is 1700. The van der Waals surface area contributed by atoms with Crippen molar-refractivity contribution in [3.05, 3.63) is 95.0 Å². The third-order valence-electron chi connectivity index (χ3n) is 5.44. The predicted molar refractivity (Wildman–Crippen MR) is 155 cm³/mol. The molecule has 2 aromatic heterocycles. The van der Waals surface area contributed by atoms with Gasteiger partial charge in [0.25, 0.3) is 10.0 Å². The van der Waals surface area contributed by atoms with Crippen molar-refractivity contribution in [3.63, 3.8) is 0 Å². The van der Waals surface area contributed by atoms with Crippen LogP contribution in [-0.2, 0) is 14.8 Å². The molecule has 13 heteroatoms. The van der Waals surface area contributed by atoms with Gasteiger partial charge in [-0.15, -0.1) is 21.5 Å². The summed E-state index contributed by atoms with van der Waals surface area (Å²) in [6, 6.07) is 21.2. The van der Waals surface area contributed by atoms with Gasteiger partial charge in [-0.05, 0) is 55.5 Å². The molecule has 0 unspecified atom stereocenters. The Morgan fingerprint density at radius 1 is 1.05 bits per heavy atom. The number of benzene rings is 3. The van der Waals surface area contributed by atoms with Gasteiger partial charge in [0.15, 0.2) is 16.1 Å². The third kappa shape index (κ3) is 6.48. The van der Waals surface area contributed by atoms with Gasteiger partial charge >= 0.3 is 0 Å². The average molecular weight is 597 g/mol. The Morgan fingerprint density at radius 3 is 2.51 bits per heavy atom. The van der Waals surface area contributed by atoms with Crippen LogP contribution in [-0.4, -0.2) is 39.8 Å². The quantitative estimate of drug-likeness (QED) is 0.204. The number of amides is 1. The molecule has 0 bridgehead atoms. The molecule has 2 N–H and O–H groups in total. The monoisotopic (exact) mass is 596 g/mol. The molecule has 0 saturated carbocycles. The molecule has 0 aliphatic heterocycles. The molecule has 5 rings (SSSR count). The van der Waals surface area contributed by atoms with E-state index in [0.717, 1.165) is 16.8 Å². The molecule has 9 nitrogen and oxygen atoms in total. The van der Waals surface area contributed by atoms with E-state index in [1.165, 1.54) is 53.6 Å². The molecule has 0 aliphatic carbocycles. The fraction of sp³-hybridized carbons (Fsp3) is 0.0769. The molecule has 198 valence electrons. The summed E-state index contributed by atoms with van der Waals surface area (Å²) in [4.78, 5) is 16.7. The number of rotatable bonds is 9. The van der Waals surface area contributed by atoms with Crippen molar-refractivity contribution in [1.29, 1.82) is 0 Å². The Morgan fingerprint density at radius 2 is 1.82 bits per heavy atom. The Balaban J connectivity index is 1.30. The number of thiazole rings is 1. The molecule has 0 radical (unpaired) electrons. The Hall–Kier alpha value is -3.71. The van der Waals surface area contributed by atoms with Crippen LogP contribution in [0.5, 0.6) is 0 Å². The number of hydrogen-bond donors (Lipinski definition) is 2. The van der Waals surface area contributed by atoms with Crippen LogP contribution in [0.25, 0.3) is 17.1 Å². The van der Waals surface area contributed by atoms with E-state index >= 15 is 0 Å². The molecule has 0 atom stereocenters. The van der Waals surface area contributed by atoms with Gasteiger partial charge in [0.1, 0.15) is 0 Å². The van der Waals surface area contributed by atoms with Crippen LogP contribution in [0.2, 0.25) is 5.02 Å².